The molecule has 0 radical (unpaired) electrons. The minimum absolute atomic E-state index is 0.0429. The molecule has 0 aliphatic carbocycles. The van der Waals surface area contributed by atoms with Crippen molar-refractivity contribution in [2.75, 3.05) is 18.0 Å². The van der Waals surface area contributed by atoms with E-state index in [2.05, 4.69) is 32.5 Å². The summed E-state index contributed by atoms with van der Waals surface area (Å²) in [5, 5.41) is 18.0. The standard InChI is InChI=1S/C38H35N7O2/c46-35(43-22-12-11-17-28(43)23-26-13-3-1-4-14-26)25-44-33-20-9-10-21-34(33)45-36(27-15-5-2-6-16-27)41-42-37(45)30(38(44)47)24-32-29-18-7-8-19-31(29)39-40-32/h1-10,13-16,18-21,28,30H,11-12,17,22-25H2,(H,39,40)/t28?,30-/m0/s1. The molecule has 1 fully saturated rings. The van der Waals surface area contributed by atoms with Crippen molar-refractivity contribution in [2.45, 2.75) is 44.1 Å². The van der Waals surface area contributed by atoms with Gasteiger partial charge < -0.3 is 9.80 Å². The Morgan fingerprint density at radius 1 is 0.787 bits per heavy atom. The summed E-state index contributed by atoms with van der Waals surface area (Å²) in [5.41, 5.74) is 5.20. The van der Waals surface area contributed by atoms with Gasteiger partial charge >= 0.3 is 0 Å². The van der Waals surface area contributed by atoms with Crippen LogP contribution in [0.1, 0.15) is 42.3 Å². The summed E-state index contributed by atoms with van der Waals surface area (Å²) in [6.07, 6.45) is 4.09. The van der Waals surface area contributed by atoms with Gasteiger partial charge in [-0.3, -0.25) is 19.3 Å². The van der Waals surface area contributed by atoms with Crippen molar-refractivity contribution >= 4 is 28.4 Å². The molecule has 2 amide bonds. The van der Waals surface area contributed by atoms with Gasteiger partial charge in [0.15, 0.2) is 11.6 Å². The number of aromatic nitrogens is 5. The van der Waals surface area contributed by atoms with Crippen LogP contribution in [-0.4, -0.2) is 60.8 Å². The lowest BCUT2D eigenvalue weighted by molar-refractivity contribution is -0.134. The number of nitrogens with zero attached hydrogens (tertiary/aromatic N) is 6. The fourth-order valence-corrected chi connectivity index (χ4v) is 7.20. The van der Waals surface area contributed by atoms with Crippen molar-refractivity contribution in [2.24, 2.45) is 0 Å². The molecule has 6 aromatic rings. The molecule has 2 aliphatic heterocycles. The predicted octanol–water partition coefficient (Wildman–Crippen LogP) is 6.11. The molecule has 0 bridgehead atoms. The minimum atomic E-state index is -0.728. The Kier molecular flexibility index (Phi) is 7.57. The first-order valence-electron chi connectivity index (χ1n) is 16.3. The molecule has 234 valence electrons. The van der Waals surface area contributed by atoms with Gasteiger partial charge in [0.25, 0.3) is 0 Å². The Morgan fingerprint density at radius 2 is 1.51 bits per heavy atom. The fourth-order valence-electron chi connectivity index (χ4n) is 7.20. The Hall–Kier alpha value is -5.57. The van der Waals surface area contributed by atoms with Crippen molar-refractivity contribution in [3.8, 4) is 17.1 Å². The van der Waals surface area contributed by atoms with Gasteiger partial charge in [-0.15, -0.1) is 10.2 Å². The van der Waals surface area contributed by atoms with E-state index in [4.69, 9.17) is 0 Å². The highest BCUT2D eigenvalue weighted by atomic mass is 16.2. The topological polar surface area (TPSA) is 100 Å². The van der Waals surface area contributed by atoms with E-state index in [1.54, 1.807) is 4.90 Å². The maximum Gasteiger partial charge on any atom is 0.242 e. The molecule has 4 heterocycles. The van der Waals surface area contributed by atoms with Gasteiger partial charge in [-0.05, 0) is 49.4 Å². The smallest absolute Gasteiger partial charge is 0.242 e. The number of aromatic amines is 1. The molecule has 1 saturated heterocycles. The number of amides is 2. The van der Waals surface area contributed by atoms with Crippen LogP contribution in [0, 0.1) is 0 Å². The first-order valence-corrected chi connectivity index (χ1v) is 16.3. The highest BCUT2D eigenvalue weighted by Crippen LogP contribution is 2.39. The van der Waals surface area contributed by atoms with Crippen LogP contribution >= 0.6 is 0 Å². The van der Waals surface area contributed by atoms with Crippen molar-refractivity contribution in [3.63, 3.8) is 0 Å². The van der Waals surface area contributed by atoms with Crippen molar-refractivity contribution < 1.29 is 9.59 Å². The van der Waals surface area contributed by atoms with Crippen molar-refractivity contribution in [1.29, 1.82) is 0 Å². The van der Waals surface area contributed by atoms with Gasteiger partial charge in [-0.1, -0.05) is 91.0 Å². The summed E-state index contributed by atoms with van der Waals surface area (Å²) in [6.45, 7) is 0.629. The Balaban J connectivity index is 1.21. The van der Waals surface area contributed by atoms with Crippen LogP contribution in [0.4, 0.5) is 5.69 Å². The van der Waals surface area contributed by atoms with Crippen LogP contribution in [0.3, 0.4) is 0 Å². The quantitative estimate of drug-likeness (QED) is 0.232. The normalized spacial score (nSPS) is 17.7. The second-order valence-electron chi connectivity index (χ2n) is 12.4. The van der Waals surface area contributed by atoms with Gasteiger partial charge in [-0.2, -0.15) is 5.10 Å². The molecule has 4 aromatic carbocycles. The molecule has 2 aliphatic rings. The van der Waals surface area contributed by atoms with Gasteiger partial charge in [0.05, 0.1) is 22.6 Å². The number of H-pyrrole nitrogens is 1. The fraction of sp³-hybridized carbons (Fsp3) is 0.237. The molecule has 1 unspecified atom stereocenters. The number of rotatable bonds is 7. The zero-order valence-corrected chi connectivity index (χ0v) is 26.0. The number of carbonyl (C=O) groups excluding carboxylic acids is 2. The Bertz CT molecular complexity index is 2050. The number of nitrogens with one attached hydrogen (secondary N) is 1. The summed E-state index contributed by atoms with van der Waals surface area (Å²) in [4.78, 5) is 32.9. The van der Waals surface area contributed by atoms with Gasteiger partial charge in [0, 0.05) is 30.0 Å². The molecular weight excluding hydrogens is 586 g/mol. The number of carbonyl (C=O) groups is 2. The number of para-hydroxylation sites is 3. The van der Waals surface area contributed by atoms with Gasteiger partial charge in [0.2, 0.25) is 11.8 Å². The van der Waals surface area contributed by atoms with E-state index in [0.717, 1.165) is 53.5 Å². The third kappa shape index (κ3) is 5.37. The molecule has 2 atom stereocenters. The number of anilines is 1. The summed E-state index contributed by atoms with van der Waals surface area (Å²) < 4.78 is 1.99. The van der Waals surface area contributed by atoms with Gasteiger partial charge in [0.1, 0.15) is 12.5 Å². The number of fused-ring (bicyclic) bond motifs is 4. The van der Waals surface area contributed by atoms with E-state index < -0.39 is 5.92 Å². The van der Waals surface area contributed by atoms with Gasteiger partial charge in [-0.25, -0.2) is 0 Å². The molecule has 1 N–H and O–H groups in total. The van der Waals surface area contributed by atoms with Crippen LogP contribution in [0.5, 0.6) is 0 Å². The number of hydrogen-bond donors (Lipinski definition) is 1. The molecule has 47 heavy (non-hydrogen) atoms. The maximum absolute atomic E-state index is 14.9. The molecule has 2 aromatic heterocycles. The SMILES string of the molecule is O=C1[C@@H](Cc2n[nH]c3ccccc23)c2nnc(-c3ccccc3)n2-c2ccccc2N1CC(=O)N1CCCCC1Cc1ccccc1. The highest BCUT2D eigenvalue weighted by molar-refractivity contribution is 6.05. The van der Waals surface area contributed by atoms with E-state index in [1.165, 1.54) is 5.56 Å². The highest BCUT2D eigenvalue weighted by Gasteiger charge is 2.40. The molecule has 8 rings (SSSR count). The summed E-state index contributed by atoms with van der Waals surface area (Å²) in [5.74, 6) is 0.209. The van der Waals surface area contributed by atoms with Crippen molar-refractivity contribution in [3.05, 3.63) is 126 Å². The van der Waals surface area contributed by atoms with E-state index in [1.807, 2.05) is 107 Å². The first-order chi connectivity index (χ1) is 23.2. The van der Waals surface area contributed by atoms with E-state index in [-0.39, 0.29) is 24.4 Å². The molecule has 9 heteroatoms. The lowest BCUT2D eigenvalue weighted by atomic mass is 9.95. The second kappa shape index (κ2) is 12.3. The van der Waals surface area contributed by atoms with Crippen LogP contribution in [0.15, 0.2) is 109 Å². The average Bonchev–Trinajstić information content (AvgIpc) is 3.73. The number of piperidine rings is 1. The Labute approximate surface area is 272 Å². The summed E-state index contributed by atoms with van der Waals surface area (Å²) >= 11 is 0. The second-order valence-corrected chi connectivity index (χ2v) is 12.4. The third-order valence-corrected chi connectivity index (χ3v) is 9.51. The number of likely N-dealkylation sites (tertiary alicyclic amines) is 1. The first kappa shape index (κ1) is 28.9. The van der Waals surface area contributed by atoms with Crippen LogP contribution in [0.25, 0.3) is 28.0 Å². The third-order valence-electron chi connectivity index (χ3n) is 9.51. The summed E-state index contributed by atoms with van der Waals surface area (Å²) in [7, 11) is 0. The van der Waals surface area contributed by atoms with Crippen LogP contribution in [0.2, 0.25) is 0 Å². The zero-order valence-electron chi connectivity index (χ0n) is 26.0. The molecule has 0 spiro atoms. The van der Waals surface area contributed by atoms with Crippen LogP contribution in [-0.2, 0) is 22.4 Å². The van der Waals surface area contributed by atoms with E-state index >= 15 is 0 Å². The maximum atomic E-state index is 14.9. The Morgan fingerprint density at radius 3 is 2.34 bits per heavy atom. The van der Waals surface area contributed by atoms with Crippen molar-refractivity contribution in [1.82, 2.24) is 29.9 Å². The molecule has 0 saturated carbocycles. The predicted molar refractivity (Wildman–Crippen MR) is 181 cm³/mol. The largest absolute Gasteiger partial charge is 0.338 e. The van der Waals surface area contributed by atoms with E-state index in [9.17, 15) is 9.59 Å². The lowest BCUT2D eigenvalue weighted by Crippen LogP contribution is -2.50. The average molecular weight is 622 g/mol. The number of hydrogen-bond acceptors (Lipinski definition) is 5. The minimum Gasteiger partial charge on any atom is -0.338 e. The molecular formula is C38H35N7O2. The number of benzene rings is 4. The zero-order chi connectivity index (χ0) is 31.7. The molecule has 9 nitrogen and oxygen atoms in total. The lowest BCUT2D eigenvalue weighted by Gasteiger charge is -2.37. The van der Waals surface area contributed by atoms with Crippen LogP contribution < -0.4 is 4.90 Å². The van der Waals surface area contributed by atoms with E-state index in [0.29, 0.717) is 30.3 Å². The monoisotopic (exact) mass is 621 g/mol. The summed E-state index contributed by atoms with van der Waals surface area (Å²) in [6, 6.07) is 36.0.